The summed E-state index contributed by atoms with van der Waals surface area (Å²) in [5.41, 5.74) is 1.56. The Kier molecular flexibility index (Phi) is 6.36. The van der Waals surface area contributed by atoms with Gasteiger partial charge < -0.3 is 9.67 Å². The van der Waals surface area contributed by atoms with Gasteiger partial charge in [-0.25, -0.2) is 9.78 Å². The number of aryl methyl sites for hydroxylation is 1. The summed E-state index contributed by atoms with van der Waals surface area (Å²) in [6, 6.07) is 15.0. The van der Waals surface area contributed by atoms with Gasteiger partial charge in [-0.3, -0.25) is 0 Å². The first-order chi connectivity index (χ1) is 12.6. The lowest BCUT2D eigenvalue weighted by atomic mass is 10.1. The summed E-state index contributed by atoms with van der Waals surface area (Å²) in [5.74, 6) is -0.903. The van der Waals surface area contributed by atoms with Crippen LogP contribution in [0.2, 0.25) is 5.02 Å². The van der Waals surface area contributed by atoms with Crippen molar-refractivity contribution >= 4 is 29.3 Å². The molecule has 1 unspecified atom stereocenters. The SMILES string of the molecule is O=C(O)c1ccc(SC(CCc2ccc(Cl)cc2)Cn2ccnc2)cc1. The average Bonchev–Trinajstić information content (AvgIpc) is 3.14. The van der Waals surface area contributed by atoms with E-state index in [1.807, 2.05) is 36.8 Å². The Morgan fingerprint density at radius 1 is 1.15 bits per heavy atom. The molecular weight excluding hydrogens is 368 g/mol. The van der Waals surface area contributed by atoms with Crippen molar-refractivity contribution in [3.63, 3.8) is 0 Å². The minimum Gasteiger partial charge on any atom is -0.478 e. The zero-order valence-corrected chi connectivity index (χ0v) is 15.7. The summed E-state index contributed by atoms with van der Waals surface area (Å²) in [6.45, 7) is 0.846. The van der Waals surface area contributed by atoms with Crippen LogP contribution in [0.15, 0.2) is 72.1 Å². The number of benzene rings is 2. The maximum absolute atomic E-state index is 11.0. The Morgan fingerprint density at radius 2 is 1.88 bits per heavy atom. The van der Waals surface area contributed by atoms with Gasteiger partial charge in [0.15, 0.2) is 0 Å². The van der Waals surface area contributed by atoms with Crippen LogP contribution < -0.4 is 0 Å². The number of thioether (sulfide) groups is 1. The lowest BCUT2D eigenvalue weighted by molar-refractivity contribution is 0.0697. The number of carboxylic acid groups (broad SMARTS) is 1. The molecule has 0 saturated carbocycles. The molecule has 1 heterocycles. The van der Waals surface area contributed by atoms with Crippen LogP contribution in [0.4, 0.5) is 0 Å². The lowest BCUT2D eigenvalue weighted by Crippen LogP contribution is -2.13. The first kappa shape index (κ1) is 18.5. The number of aromatic carboxylic acids is 1. The molecule has 0 saturated heterocycles. The first-order valence-corrected chi connectivity index (χ1v) is 9.56. The maximum atomic E-state index is 11.0. The number of imidazole rings is 1. The van der Waals surface area contributed by atoms with Crippen molar-refractivity contribution < 1.29 is 9.90 Å². The third kappa shape index (κ3) is 5.38. The van der Waals surface area contributed by atoms with E-state index in [9.17, 15) is 4.79 Å². The third-order valence-corrected chi connectivity index (χ3v) is 5.56. The van der Waals surface area contributed by atoms with Crippen molar-refractivity contribution in [2.45, 2.75) is 29.5 Å². The highest BCUT2D eigenvalue weighted by Gasteiger charge is 2.13. The Bertz CT molecular complexity index is 833. The van der Waals surface area contributed by atoms with E-state index in [0.29, 0.717) is 10.8 Å². The van der Waals surface area contributed by atoms with Gasteiger partial charge in [0, 0.05) is 34.1 Å². The van der Waals surface area contributed by atoms with E-state index in [0.717, 1.165) is 29.3 Å². The molecule has 4 nitrogen and oxygen atoms in total. The van der Waals surface area contributed by atoms with Crippen molar-refractivity contribution in [1.82, 2.24) is 9.55 Å². The molecule has 3 rings (SSSR count). The largest absolute Gasteiger partial charge is 0.478 e. The van der Waals surface area contributed by atoms with E-state index in [-0.39, 0.29) is 0 Å². The van der Waals surface area contributed by atoms with Gasteiger partial charge in [-0.2, -0.15) is 0 Å². The van der Waals surface area contributed by atoms with Crippen molar-refractivity contribution in [2.75, 3.05) is 0 Å². The number of carbonyl (C=O) groups is 1. The number of aromatic nitrogens is 2. The molecule has 0 aliphatic heterocycles. The van der Waals surface area contributed by atoms with E-state index < -0.39 is 5.97 Å². The highest BCUT2D eigenvalue weighted by Crippen LogP contribution is 2.28. The molecule has 0 aliphatic rings. The molecule has 134 valence electrons. The van der Waals surface area contributed by atoms with Crippen LogP contribution in [0, 0.1) is 0 Å². The van der Waals surface area contributed by atoms with Crippen LogP contribution in [-0.4, -0.2) is 25.9 Å². The summed E-state index contributed by atoms with van der Waals surface area (Å²) < 4.78 is 2.07. The van der Waals surface area contributed by atoms with Gasteiger partial charge >= 0.3 is 5.97 Å². The molecule has 2 aromatic carbocycles. The van der Waals surface area contributed by atoms with Gasteiger partial charge in [-0.05, 0) is 54.8 Å². The minimum absolute atomic E-state index is 0.307. The molecule has 26 heavy (non-hydrogen) atoms. The molecule has 0 radical (unpaired) electrons. The summed E-state index contributed by atoms with van der Waals surface area (Å²) in [5, 5.41) is 10.1. The molecule has 0 fully saturated rings. The Balaban J connectivity index is 1.67. The molecule has 1 aromatic heterocycles. The fraction of sp³-hybridized carbons (Fsp3) is 0.200. The predicted molar refractivity (Wildman–Crippen MR) is 105 cm³/mol. The van der Waals surface area contributed by atoms with Crippen molar-refractivity contribution in [3.05, 3.63) is 83.4 Å². The molecule has 1 N–H and O–H groups in total. The van der Waals surface area contributed by atoms with Crippen LogP contribution in [0.3, 0.4) is 0 Å². The standard InChI is InChI=1S/C20H19ClN2O2S/c21-17-6-1-15(2-7-17)3-8-19(13-23-12-11-22-14-23)26-18-9-4-16(5-10-18)20(24)25/h1-2,4-7,9-12,14,19H,3,8,13H2,(H,24,25). The highest BCUT2D eigenvalue weighted by atomic mass is 35.5. The highest BCUT2D eigenvalue weighted by molar-refractivity contribution is 8.00. The quantitative estimate of drug-likeness (QED) is 0.552. The maximum Gasteiger partial charge on any atom is 0.335 e. The molecule has 0 spiro atoms. The van der Waals surface area contributed by atoms with Gasteiger partial charge in [-0.15, -0.1) is 11.8 Å². The van der Waals surface area contributed by atoms with Gasteiger partial charge in [0.1, 0.15) is 0 Å². The minimum atomic E-state index is -0.903. The molecular formula is C20H19ClN2O2S. The second-order valence-electron chi connectivity index (χ2n) is 5.99. The number of hydrogen-bond donors (Lipinski definition) is 1. The van der Waals surface area contributed by atoms with E-state index >= 15 is 0 Å². The smallest absolute Gasteiger partial charge is 0.335 e. The summed E-state index contributed by atoms with van der Waals surface area (Å²) in [6.07, 6.45) is 7.51. The molecule has 0 amide bonds. The van der Waals surface area contributed by atoms with E-state index in [1.54, 1.807) is 30.1 Å². The molecule has 0 bridgehead atoms. The zero-order chi connectivity index (χ0) is 18.4. The summed E-state index contributed by atoms with van der Waals surface area (Å²) >= 11 is 7.72. The Morgan fingerprint density at radius 3 is 2.50 bits per heavy atom. The summed E-state index contributed by atoms with van der Waals surface area (Å²) in [4.78, 5) is 16.2. The fourth-order valence-electron chi connectivity index (χ4n) is 2.66. The molecule has 3 aromatic rings. The first-order valence-electron chi connectivity index (χ1n) is 8.30. The van der Waals surface area contributed by atoms with Crippen LogP contribution in [0.1, 0.15) is 22.3 Å². The third-order valence-electron chi connectivity index (χ3n) is 4.05. The van der Waals surface area contributed by atoms with E-state index in [2.05, 4.69) is 21.7 Å². The molecule has 1 atom stereocenters. The number of hydrogen-bond acceptors (Lipinski definition) is 3. The lowest BCUT2D eigenvalue weighted by Gasteiger charge is -2.17. The van der Waals surface area contributed by atoms with Crippen LogP contribution in [-0.2, 0) is 13.0 Å². The number of rotatable bonds is 8. The van der Waals surface area contributed by atoms with Crippen LogP contribution >= 0.6 is 23.4 Å². The predicted octanol–water partition coefficient (Wildman–Crippen LogP) is 5.03. The fourth-order valence-corrected chi connectivity index (χ4v) is 3.95. The van der Waals surface area contributed by atoms with Gasteiger partial charge in [0.2, 0.25) is 0 Å². The average molecular weight is 387 g/mol. The Labute approximate surface area is 161 Å². The topological polar surface area (TPSA) is 55.1 Å². The molecule has 6 heteroatoms. The molecule has 0 aliphatic carbocycles. The van der Waals surface area contributed by atoms with Gasteiger partial charge in [-0.1, -0.05) is 23.7 Å². The van der Waals surface area contributed by atoms with E-state index in [1.165, 1.54) is 5.56 Å². The number of halogens is 1. The van der Waals surface area contributed by atoms with E-state index in [4.69, 9.17) is 16.7 Å². The monoisotopic (exact) mass is 386 g/mol. The number of carboxylic acids is 1. The van der Waals surface area contributed by atoms with Gasteiger partial charge in [0.25, 0.3) is 0 Å². The van der Waals surface area contributed by atoms with Crippen molar-refractivity contribution in [3.8, 4) is 0 Å². The second-order valence-corrected chi connectivity index (χ2v) is 7.80. The van der Waals surface area contributed by atoms with Gasteiger partial charge in [0.05, 0.1) is 11.9 Å². The van der Waals surface area contributed by atoms with Crippen molar-refractivity contribution in [2.24, 2.45) is 0 Å². The van der Waals surface area contributed by atoms with Crippen LogP contribution in [0.5, 0.6) is 0 Å². The van der Waals surface area contributed by atoms with Crippen molar-refractivity contribution in [1.29, 1.82) is 0 Å². The normalized spacial score (nSPS) is 12.0. The van der Waals surface area contributed by atoms with Crippen LogP contribution in [0.25, 0.3) is 0 Å². The Hall–Kier alpha value is -2.24. The zero-order valence-electron chi connectivity index (χ0n) is 14.1. The summed E-state index contributed by atoms with van der Waals surface area (Å²) in [7, 11) is 0. The second kappa shape index (κ2) is 8.92. The number of nitrogens with zero attached hydrogens (tertiary/aromatic N) is 2.